The van der Waals surface area contributed by atoms with E-state index in [0.29, 0.717) is 24.3 Å². The highest BCUT2D eigenvalue weighted by molar-refractivity contribution is 8.76. The zero-order valence-electron chi connectivity index (χ0n) is 9.77. The molecule has 0 bridgehead atoms. The lowest BCUT2D eigenvalue weighted by Gasteiger charge is -2.10. The fraction of sp³-hybridized carbons (Fsp3) is 0.800. The van der Waals surface area contributed by atoms with Gasteiger partial charge in [-0.25, -0.2) is 0 Å². The maximum absolute atomic E-state index is 11.2. The molecule has 0 amide bonds. The summed E-state index contributed by atoms with van der Waals surface area (Å²) in [7, 11) is 3.00. The normalized spacial score (nSPS) is 14.5. The highest BCUT2D eigenvalue weighted by Crippen LogP contribution is 2.22. The van der Waals surface area contributed by atoms with Gasteiger partial charge >= 0.3 is 0 Å². The Morgan fingerprint density at radius 1 is 0.938 bits per heavy atom. The van der Waals surface area contributed by atoms with E-state index < -0.39 is 12.1 Å². The second kappa shape index (κ2) is 9.04. The number of rotatable bonds is 9. The maximum atomic E-state index is 11.2. The zero-order valence-corrected chi connectivity index (χ0v) is 11.4. The van der Waals surface area contributed by atoms with Gasteiger partial charge in [-0.05, 0) is 0 Å². The van der Waals surface area contributed by atoms with Gasteiger partial charge in [-0.15, -0.1) is 0 Å². The maximum Gasteiger partial charge on any atom is 0.150 e. The van der Waals surface area contributed by atoms with E-state index in [1.807, 2.05) is 0 Å². The molecule has 2 unspecified atom stereocenters. The van der Waals surface area contributed by atoms with Crippen LogP contribution in [0.5, 0.6) is 0 Å². The first-order valence-electron chi connectivity index (χ1n) is 5.33. The van der Waals surface area contributed by atoms with Gasteiger partial charge in [0.2, 0.25) is 0 Å². The van der Waals surface area contributed by atoms with Gasteiger partial charge in [0.1, 0.15) is 11.6 Å². The standard InChI is InChI=1S/C10H20N2O2S2/c1-3-9(13)7(11)5-15-16-6-8(12)10(14)4-2/h7-8H,3-6,11-12H2,1-2H3. The Kier molecular flexibility index (Phi) is 9.02. The molecule has 0 spiro atoms. The number of nitrogens with two attached hydrogens (primary N) is 2. The lowest BCUT2D eigenvalue weighted by atomic mass is 10.2. The molecule has 0 heterocycles. The number of Topliss-reactive ketones (excluding diaryl/α,β-unsaturated/α-hetero) is 2. The van der Waals surface area contributed by atoms with Crippen LogP contribution in [0.2, 0.25) is 0 Å². The summed E-state index contributed by atoms with van der Waals surface area (Å²) in [4.78, 5) is 22.3. The van der Waals surface area contributed by atoms with Crippen LogP contribution in [0, 0.1) is 0 Å². The van der Waals surface area contributed by atoms with E-state index in [1.165, 1.54) is 21.6 Å². The number of hydrogen-bond donors (Lipinski definition) is 2. The number of ketones is 2. The smallest absolute Gasteiger partial charge is 0.150 e. The average molecular weight is 264 g/mol. The van der Waals surface area contributed by atoms with Crippen LogP contribution in [-0.2, 0) is 9.59 Å². The molecule has 0 fully saturated rings. The molecule has 4 N–H and O–H groups in total. The molecule has 0 rings (SSSR count). The van der Waals surface area contributed by atoms with Crippen LogP contribution in [0.1, 0.15) is 26.7 Å². The first kappa shape index (κ1) is 16.0. The van der Waals surface area contributed by atoms with Crippen LogP contribution in [0.4, 0.5) is 0 Å². The molecule has 0 aliphatic carbocycles. The topological polar surface area (TPSA) is 86.2 Å². The van der Waals surface area contributed by atoms with Gasteiger partial charge in [0.05, 0.1) is 12.1 Å². The van der Waals surface area contributed by atoms with E-state index in [0.717, 1.165) is 0 Å². The summed E-state index contributed by atoms with van der Waals surface area (Å²) in [5, 5.41) is 0. The molecule has 0 radical (unpaired) electrons. The van der Waals surface area contributed by atoms with Crippen LogP contribution >= 0.6 is 21.6 Å². The third kappa shape index (κ3) is 6.52. The van der Waals surface area contributed by atoms with E-state index in [9.17, 15) is 9.59 Å². The van der Waals surface area contributed by atoms with Gasteiger partial charge in [0, 0.05) is 24.3 Å². The molecule has 2 atom stereocenters. The Morgan fingerprint density at radius 3 is 1.50 bits per heavy atom. The molecule has 0 saturated heterocycles. The van der Waals surface area contributed by atoms with E-state index in [4.69, 9.17) is 11.5 Å². The predicted octanol–water partition coefficient (Wildman–Crippen LogP) is 0.981. The quantitative estimate of drug-likeness (QED) is 0.477. The Bertz CT molecular complexity index is 213. The van der Waals surface area contributed by atoms with E-state index in [2.05, 4.69) is 0 Å². The zero-order chi connectivity index (χ0) is 12.6. The van der Waals surface area contributed by atoms with E-state index >= 15 is 0 Å². The van der Waals surface area contributed by atoms with Crippen molar-refractivity contribution >= 4 is 33.2 Å². The fourth-order valence-corrected chi connectivity index (χ4v) is 3.27. The van der Waals surface area contributed by atoms with Gasteiger partial charge in [0.15, 0.2) is 0 Å². The molecule has 0 saturated carbocycles. The minimum atomic E-state index is -0.402. The molecule has 0 aliphatic rings. The van der Waals surface area contributed by atoms with Crippen molar-refractivity contribution in [2.24, 2.45) is 11.5 Å². The number of carbonyl (C=O) groups is 2. The van der Waals surface area contributed by atoms with Crippen LogP contribution in [0.3, 0.4) is 0 Å². The van der Waals surface area contributed by atoms with Crippen molar-refractivity contribution in [1.82, 2.24) is 0 Å². The molecule has 0 aromatic heterocycles. The third-order valence-electron chi connectivity index (χ3n) is 2.10. The van der Waals surface area contributed by atoms with Crippen LogP contribution in [0.25, 0.3) is 0 Å². The van der Waals surface area contributed by atoms with Crippen molar-refractivity contribution < 1.29 is 9.59 Å². The summed E-state index contributed by atoms with van der Waals surface area (Å²) in [6.45, 7) is 3.60. The van der Waals surface area contributed by atoms with Crippen molar-refractivity contribution in [3.63, 3.8) is 0 Å². The second-order valence-corrected chi connectivity index (χ2v) is 5.97. The van der Waals surface area contributed by atoms with Crippen molar-refractivity contribution in [3.05, 3.63) is 0 Å². The van der Waals surface area contributed by atoms with Crippen molar-refractivity contribution in [2.75, 3.05) is 11.5 Å². The minimum absolute atomic E-state index is 0.0713. The van der Waals surface area contributed by atoms with Crippen molar-refractivity contribution in [1.29, 1.82) is 0 Å². The molecule has 0 aliphatic heterocycles. The summed E-state index contributed by atoms with van der Waals surface area (Å²) in [6.07, 6.45) is 0.945. The fourth-order valence-electron chi connectivity index (χ4n) is 0.953. The van der Waals surface area contributed by atoms with E-state index in [1.54, 1.807) is 13.8 Å². The molecular weight excluding hydrogens is 244 g/mol. The lowest BCUT2D eigenvalue weighted by molar-refractivity contribution is -0.120. The first-order valence-corrected chi connectivity index (χ1v) is 7.82. The Morgan fingerprint density at radius 2 is 1.25 bits per heavy atom. The van der Waals surface area contributed by atoms with Gasteiger partial charge in [-0.2, -0.15) is 0 Å². The molecule has 6 heteroatoms. The monoisotopic (exact) mass is 264 g/mol. The minimum Gasteiger partial charge on any atom is -0.321 e. The Labute approximate surface area is 105 Å². The predicted molar refractivity (Wildman–Crippen MR) is 71.5 cm³/mol. The Balaban J connectivity index is 3.60. The summed E-state index contributed by atoms with van der Waals surface area (Å²) < 4.78 is 0. The van der Waals surface area contributed by atoms with Crippen molar-refractivity contribution in [3.8, 4) is 0 Å². The van der Waals surface area contributed by atoms with Gasteiger partial charge < -0.3 is 11.5 Å². The van der Waals surface area contributed by atoms with Crippen molar-refractivity contribution in [2.45, 2.75) is 38.8 Å². The lowest BCUT2D eigenvalue weighted by Crippen LogP contribution is -2.33. The molecule has 0 aromatic carbocycles. The summed E-state index contributed by atoms with van der Waals surface area (Å²) in [6, 6.07) is -0.804. The number of carbonyl (C=O) groups excluding carboxylic acids is 2. The van der Waals surface area contributed by atoms with Crippen LogP contribution in [0.15, 0.2) is 0 Å². The SMILES string of the molecule is CCC(=O)C(N)CSSCC(N)C(=O)CC. The third-order valence-corrected chi connectivity index (χ3v) is 4.58. The van der Waals surface area contributed by atoms with Crippen LogP contribution in [-0.4, -0.2) is 35.2 Å². The highest BCUT2D eigenvalue weighted by Gasteiger charge is 2.13. The van der Waals surface area contributed by atoms with Gasteiger partial charge in [0.25, 0.3) is 0 Å². The van der Waals surface area contributed by atoms with Gasteiger partial charge in [-0.1, -0.05) is 35.4 Å². The van der Waals surface area contributed by atoms with E-state index in [-0.39, 0.29) is 11.6 Å². The largest absolute Gasteiger partial charge is 0.321 e. The Hall–Kier alpha value is -0.0400. The molecule has 16 heavy (non-hydrogen) atoms. The molecule has 0 aromatic rings. The average Bonchev–Trinajstić information content (AvgIpc) is 2.31. The molecule has 4 nitrogen and oxygen atoms in total. The van der Waals surface area contributed by atoms with Crippen LogP contribution < -0.4 is 11.5 Å². The molecular formula is C10H20N2O2S2. The first-order chi connectivity index (χ1) is 7.52. The summed E-state index contributed by atoms with van der Waals surface area (Å²) >= 11 is 0. The second-order valence-electron chi connectivity index (χ2n) is 3.42. The summed E-state index contributed by atoms with van der Waals surface area (Å²) in [5.74, 6) is 1.29. The van der Waals surface area contributed by atoms with Gasteiger partial charge in [-0.3, -0.25) is 9.59 Å². The summed E-state index contributed by atoms with van der Waals surface area (Å²) in [5.41, 5.74) is 11.3. The highest BCUT2D eigenvalue weighted by atomic mass is 33.1. The number of hydrogen-bond acceptors (Lipinski definition) is 6. The molecule has 94 valence electrons.